The molecule has 0 saturated carbocycles. The molecule has 0 saturated heterocycles. The van der Waals surface area contributed by atoms with Crippen LogP contribution < -0.4 is 5.32 Å². The summed E-state index contributed by atoms with van der Waals surface area (Å²) in [6, 6.07) is 8.63. The summed E-state index contributed by atoms with van der Waals surface area (Å²) in [5.74, 6) is 0. The number of rotatable bonds is 9. The van der Waals surface area contributed by atoms with Gasteiger partial charge in [0.05, 0.1) is 13.2 Å². The molecule has 3 nitrogen and oxygen atoms in total. The standard InChI is InChI=1S/C17H26N2OS/c1-4-9-18-12-17-15(13-20-11-10-19(2)3)14-7-5-6-8-16(14)21-17/h5-8,18H,4,9-13H2,1-3H3. The van der Waals surface area contributed by atoms with Crippen molar-refractivity contribution in [2.75, 3.05) is 33.8 Å². The van der Waals surface area contributed by atoms with Gasteiger partial charge in [-0.1, -0.05) is 25.1 Å². The van der Waals surface area contributed by atoms with Crippen LogP contribution in [-0.2, 0) is 17.9 Å². The molecule has 0 atom stereocenters. The second-order valence-corrected chi connectivity index (χ2v) is 6.67. The molecular formula is C17H26N2OS. The lowest BCUT2D eigenvalue weighted by Gasteiger charge is -2.11. The highest BCUT2D eigenvalue weighted by molar-refractivity contribution is 7.19. The van der Waals surface area contributed by atoms with Gasteiger partial charge in [0.25, 0.3) is 0 Å². The Morgan fingerprint density at radius 3 is 2.81 bits per heavy atom. The molecule has 2 aromatic rings. The average molecular weight is 306 g/mol. The molecule has 0 aliphatic rings. The van der Waals surface area contributed by atoms with Crippen LogP contribution in [0.15, 0.2) is 24.3 Å². The van der Waals surface area contributed by atoms with Crippen molar-refractivity contribution < 1.29 is 4.74 Å². The molecule has 1 N–H and O–H groups in total. The summed E-state index contributed by atoms with van der Waals surface area (Å²) in [5, 5.41) is 4.86. The zero-order chi connectivity index (χ0) is 15.1. The average Bonchev–Trinajstić information content (AvgIpc) is 2.81. The Morgan fingerprint density at radius 1 is 1.24 bits per heavy atom. The number of likely N-dealkylation sites (N-methyl/N-ethyl adjacent to an activating group) is 1. The maximum Gasteiger partial charge on any atom is 0.0734 e. The van der Waals surface area contributed by atoms with Crippen LogP contribution in [0.25, 0.3) is 10.1 Å². The quantitative estimate of drug-likeness (QED) is 0.718. The third-order valence-corrected chi connectivity index (χ3v) is 4.64. The normalized spacial score (nSPS) is 11.6. The van der Waals surface area contributed by atoms with E-state index < -0.39 is 0 Å². The van der Waals surface area contributed by atoms with E-state index in [-0.39, 0.29) is 0 Å². The van der Waals surface area contributed by atoms with E-state index >= 15 is 0 Å². The third-order valence-electron chi connectivity index (χ3n) is 3.42. The lowest BCUT2D eigenvalue weighted by molar-refractivity contribution is 0.106. The monoisotopic (exact) mass is 306 g/mol. The van der Waals surface area contributed by atoms with E-state index in [2.05, 4.69) is 55.5 Å². The van der Waals surface area contributed by atoms with Crippen LogP contribution in [0.1, 0.15) is 23.8 Å². The van der Waals surface area contributed by atoms with E-state index in [1.807, 2.05) is 11.3 Å². The van der Waals surface area contributed by atoms with Crippen LogP contribution >= 0.6 is 11.3 Å². The first-order valence-corrected chi connectivity index (χ1v) is 8.46. The van der Waals surface area contributed by atoms with E-state index in [9.17, 15) is 0 Å². The summed E-state index contributed by atoms with van der Waals surface area (Å²) < 4.78 is 7.24. The van der Waals surface area contributed by atoms with Crippen LogP contribution in [0.5, 0.6) is 0 Å². The molecule has 0 spiro atoms. The number of ether oxygens (including phenoxy) is 1. The fourth-order valence-corrected chi connectivity index (χ4v) is 3.43. The topological polar surface area (TPSA) is 24.5 Å². The zero-order valence-corrected chi connectivity index (χ0v) is 14.1. The van der Waals surface area contributed by atoms with E-state index in [1.54, 1.807) is 0 Å². The Kier molecular flexibility index (Phi) is 6.64. The smallest absolute Gasteiger partial charge is 0.0734 e. The molecule has 1 aromatic heterocycles. The molecule has 0 amide bonds. The molecule has 116 valence electrons. The summed E-state index contributed by atoms with van der Waals surface area (Å²) in [6.07, 6.45) is 1.17. The number of nitrogens with zero attached hydrogens (tertiary/aromatic N) is 1. The Labute approximate surface area is 131 Å². The minimum atomic E-state index is 0.709. The lowest BCUT2D eigenvalue weighted by Crippen LogP contribution is -2.18. The largest absolute Gasteiger partial charge is 0.375 e. The summed E-state index contributed by atoms with van der Waals surface area (Å²) in [5.41, 5.74) is 1.36. The maximum absolute atomic E-state index is 5.88. The SMILES string of the molecule is CCCNCc1sc2ccccc2c1COCCN(C)C. The first-order valence-electron chi connectivity index (χ1n) is 7.64. The second-order valence-electron chi connectivity index (χ2n) is 5.53. The summed E-state index contributed by atoms with van der Waals surface area (Å²) in [7, 11) is 4.15. The van der Waals surface area contributed by atoms with Gasteiger partial charge >= 0.3 is 0 Å². The molecule has 4 heteroatoms. The lowest BCUT2D eigenvalue weighted by atomic mass is 10.1. The molecule has 21 heavy (non-hydrogen) atoms. The fourth-order valence-electron chi connectivity index (χ4n) is 2.25. The molecule has 0 fully saturated rings. The van der Waals surface area contributed by atoms with Crippen molar-refractivity contribution in [2.45, 2.75) is 26.5 Å². The van der Waals surface area contributed by atoms with Gasteiger partial charge in [0.15, 0.2) is 0 Å². The van der Waals surface area contributed by atoms with Crippen LogP contribution in [-0.4, -0.2) is 38.7 Å². The van der Waals surface area contributed by atoms with Crippen molar-refractivity contribution in [3.8, 4) is 0 Å². The maximum atomic E-state index is 5.88. The number of benzene rings is 1. The van der Waals surface area contributed by atoms with Crippen molar-refractivity contribution in [1.29, 1.82) is 0 Å². The van der Waals surface area contributed by atoms with Crippen molar-refractivity contribution in [1.82, 2.24) is 10.2 Å². The van der Waals surface area contributed by atoms with Gasteiger partial charge in [-0.05, 0) is 38.5 Å². The first kappa shape index (κ1) is 16.4. The van der Waals surface area contributed by atoms with Gasteiger partial charge in [0, 0.05) is 28.2 Å². The van der Waals surface area contributed by atoms with Gasteiger partial charge in [-0.3, -0.25) is 0 Å². The van der Waals surface area contributed by atoms with Gasteiger partial charge in [-0.15, -0.1) is 11.3 Å². The highest BCUT2D eigenvalue weighted by Gasteiger charge is 2.11. The van der Waals surface area contributed by atoms with Gasteiger partial charge in [-0.2, -0.15) is 0 Å². The van der Waals surface area contributed by atoms with E-state index in [0.717, 1.165) is 26.2 Å². The Hall–Kier alpha value is -0.940. The summed E-state index contributed by atoms with van der Waals surface area (Å²) in [6.45, 7) is 6.66. The molecule has 1 aromatic carbocycles. The van der Waals surface area contributed by atoms with Crippen molar-refractivity contribution in [2.24, 2.45) is 0 Å². The van der Waals surface area contributed by atoms with Crippen LogP contribution in [0, 0.1) is 0 Å². The predicted molar refractivity (Wildman–Crippen MR) is 92.0 cm³/mol. The predicted octanol–water partition coefficient (Wildman–Crippen LogP) is 3.48. The Bertz CT molecular complexity index is 551. The Morgan fingerprint density at radius 2 is 2.05 bits per heavy atom. The van der Waals surface area contributed by atoms with E-state index in [4.69, 9.17) is 4.74 Å². The van der Waals surface area contributed by atoms with Crippen molar-refractivity contribution in [3.63, 3.8) is 0 Å². The molecule has 1 heterocycles. The van der Waals surface area contributed by atoms with E-state index in [0.29, 0.717) is 6.61 Å². The molecular weight excluding hydrogens is 280 g/mol. The van der Waals surface area contributed by atoms with Gasteiger partial charge in [0.2, 0.25) is 0 Å². The fraction of sp³-hybridized carbons (Fsp3) is 0.529. The summed E-state index contributed by atoms with van der Waals surface area (Å²) in [4.78, 5) is 3.56. The number of thiophene rings is 1. The molecule has 0 aliphatic carbocycles. The van der Waals surface area contributed by atoms with Crippen LogP contribution in [0.3, 0.4) is 0 Å². The summed E-state index contributed by atoms with van der Waals surface area (Å²) >= 11 is 1.89. The van der Waals surface area contributed by atoms with Gasteiger partial charge in [0.1, 0.15) is 0 Å². The number of nitrogens with one attached hydrogen (secondary N) is 1. The van der Waals surface area contributed by atoms with Crippen molar-refractivity contribution in [3.05, 3.63) is 34.7 Å². The van der Waals surface area contributed by atoms with Gasteiger partial charge < -0.3 is 15.0 Å². The minimum absolute atomic E-state index is 0.709. The number of hydrogen-bond acceptors (Lipinski definition) is 4. The van der Waals surface area contributed by atoms with Crippen molar-refractivity contribution >= 4 is 21.4 Å². The van der Waals surface area contributed by atoms with Crippen LogP contribution in [0.4, 0.5) is 0 Å². The number of hydrogen-bond donors (Lipinski definition) is 1. The molecule has 0 radical (unpaired) electrons. The first-order chi connectivity index (χ1) is 10.2. The number of fused-ring (bicyclic) bond motifs is 1. The highest BCUT2D eigenvalue weighted by atomic mass is 32.1. The molecule has 0 unspecified atom stereocenters. The Balaban J connectivity index is 2.07. The third kappa shape index (κ3) is 4.78. The van der Waals surface area contributed by atoms with Crippen LogP contribution in [0.2, 0.25) is 0 Å². The zero-order valence-electron chi connectivity index (χ0n) is 13.3. The highest BCUT2D eigenvalue weighted by Crippen LogP contribution is 2.31. The van der Waals surface area contributed by atoms with E-state index in [1.165, 1.54) is 26.9 Å². The molecule has 2 rings (SSSR count). The second kappa shape index (κ2) is 8.49. The molecule has 0 aliphatic heterocycles. The molecule has 0 bridgehead atoms. The van der Waals surface area contributed by atoms with Gasteiger partial charge in [-0.25, -0.2) is 0 Å². The minimum Gasteiger partial charge on any atom is -0.375 e.